The number of Topliss-reactive ketones (excluding diaryl/α,β-unsaturated/α-hetero) is 2. The predicted octanol–water partition coefficient (Wildman–Crippen LogP) is -1.18. The third-order valence-electron chi connectivity index (χ3n) is 4.59. The highest BCUT2D eigenvalue weighted by Crippen LogP contribution is 2.34. The molecule has 8 nitrogen and oxygen atoms in total. The minimum atomic E-state index is -1.55. The van der Waals surface area contributed by atoms with Crippen molar-refractivity contribution in [1.29, 1.82) is 0 Å². The molecule has 0 aromatic rings. The van der Waals surface area contributed by atoms with Crippen LogP contribution in [0.1, 0.15) is 33.6 Å². The Bertz CT molecular complexity index is 525. The van der Waals surface area contributed by atoms with E-state index in [4.69, 9.17) is 9.84 Å². The fourth-order valence-electron chi connectivity index (χ4n) is 3.39. The smallest absolute Gasteiger partial charge is 0.180 e. The van der Waals surface area contributed by atoms with Crippen molar-refractivity contribution in [3.05, 3.63) is 0 Å². The van der Waals surface area contributed by atoms with Crippen molar-refractivity contribution < 1.29 is 34.8 Å². The largest absolute Gasteiger partial charge is 0.394 e. The predicted molar refractivity (Wildman–Crippen MR) is 83.4 cm³/mol. The summed E-state index contributed by atoms with van der Waals surface area (Å²) < 4.78 is 5.02. The number of carbonyl (C=O) groups is 2. The maximum atomic E-state index is 12.3. The summed E-state index contributed by atoms with van der Waals surface area (Å²) in [6, 6.07) is -1.24. The number of ether oxygens (including phenoxy) is 1. The average Bonchev–Trinajstić information content (AvgIpc) is 2.45. The van der Waals surface area contributed by atoms with Gasteiger partial charge < -0.3 is 25.2 Å². The summed E-state index contributed by atoms with van der Waals surface area (Å²) in [6.45, 7) is 4.61. The molecule has 0 aromatic heterocycles. The van der Waals surface area contributed by atoms with Crippen LogP contribution >= 0.6 is 0 Å². The first-order valence-electron chi connectivity index (χ1n) is 7.97. The first kappa shape index (κ1) is 19.1. The quantitative estimate of drug-likeness (QED) is 0.374. The maximum Gasteiger partial charge on any atom is 0.180 e. The summed E-state index contributed by atoms with van der Waals surface area (Å²) in [5.41, 5.74) is -0.204. The molecule has 1 unspecified atom stereocenters. The van der Waals surface area contributed by atoms with Crippen molar-refractivity contribution in [2.45, 2.75) is 64.3 Å². The maximum absolute atomic E-state index is 12.3. The second-order valence-corrected chi connectivity index (χ2v) is 7.37. The van der Waals surface area contributed by atoms with Crippen LogP contribution in [0.2, 0.25) is 0 Å². The molecular formula is C16H25NO7. The summed E-state index contributed by atoms with van der Waals surface area (Å²) in [7, 11) is 0. The van der Waals surface area contributed by atoms with Gasteiger partial charge in [-0.3, -0.25) is 14.6 Å². The summed E-state index contributed by atoms with van der Waals surface area (Å²) >= 11 is 0. The first-order chi connectivity index (χ1) is 11.1. The molecule has 2 rings (SSSR count). The molecule has 8 heteroatoms. The molecule has 0 bridgehead atoms. The van der Waals surface area contributed by atoms with Gasteiger partial charge in [0.15, 0.2) is 6.29 Å². The van der Waals surface area contributed by atoms with Crippen LogP contribution in [-0.4, -0.2) is 75.0 Å². The van der Waals surface area contributed by atoms with Crippen LogP contribution in [0.3, 0.4) is 0 Å². The van der Waals surface area contributed by atoms with Gasteiger partial charge in [0.25, 0.3) is 0 Å². The first-order valence-corrected chi connectivity index (χ1v) is 7.97. The van der Waals surface area contributed by atoms with E-state index in [-0.39, 0.29) is 35.5 Å². The zero-order valence-electron chi connectivity index (χ0n) is 14.0. The highest BCUT2D eigenvalue weighted by Gasteiger charge is 2.45. The zero-order valence-corrected chi connectivity index (χ0v) is 14.0. The molecule has 1 saturated heterocycles. The van der Waals surface area contributed by atoms with Crippen molar-refractivity contribution in [3.8, 4) is 0 Å². The van der Waals surface area contributed by atoms with E-state index in [2.05, 4.69) is 4.99 Å². The van der Waals surface area contributed by atoms with Crippen molar-refractivity contribution in [2.24, 2.45) is 16.3 Å². The minimum Gasteiger partial charge on any atom is -0.394 e. The highest BCUT2D eigenvalue weighted by molar-refractivity contribution is 6.21. The zero-order chi connectivity index (χ0) is 18.2. The van der Waals surface area contributed by atoms with Gasteiger partial charge in [-0.05, 0) is 12.3 Å². The summed E-state index contributed by atoms with van der Waals surface area (Å²) in [6.07, 6.45) is -5.10. The Balaban J connectivity index is 2.21. The standard InChI is InChI=1S/C16H25NO7/c1-7(11-8(19)4-16(2,3)5-9(11)20)17-12-14(22)13(21)10(6-18)24-15(12)23/h10-15,18,21-23H,4-6H2,1-3H3/t10-,12-,13-,14-,15?/m1/s1. The summed E-state index contributed by atoms with van der Waals surface area (Å²) in [4.78, 5) is 28.7. The highest BCUT2D eigenvalue weighted by atomic mass is 16.6. The number of aliphatic hydroxyl groups excluding tert-OH is 4. The molecule has 4 N–H and O–H groups in total. The van der Waals surface area contributed by atoms with Crippen molar-refractivity contribution in [2.75, 3.05) is 6.61 Å². The fourth-order valence-corrected chi connectivity index (χ4v) is 3.39. The lowest BCUT2D eigenvalue weighted by molar-refractivity contribution is -0.248. The molecule has 2 aliphatic rings. The molecule has 0 aromatic carbocycles. The lowest BCUT2D eigenvalue weighted by Gasteiger charge is -2.39. The monoisotopic (exact) mass is 343 g/mol. The summed E-state index contributed by atoms with van der Waals surface area (Å²) in [5, 5.41) is 39.0. The Hall–Kier alpha value is -1.19. The third kappa shape index (κ3) is 3.73. The van der Waals surface area contributed by atoms with E-state index in [1.165, 1.54) is 6.92 Å². The van der Waals surface area contributed by atoms with Gasteiger partial charge in [0, 0.05) is 18.6 Å². The SMILES string of the molecule is CC(=N[C@H]1C(O)O[C@H](CO)[C@@H](O)[C@@H]1O)C1C(=O)CC(C)(C)CC1=O. The van der Waals surface area contributed by atoms with Gasteiger partial charge in [0.05, 0.1) is 6.61 Å². The second-order valence-electron chi connectivity index (χ2n) is 7.37. The normalized spacial score (nSPS) is 38.5. The molecule has 0 amide bonds. The number of nitrogens with zero attached hydrogens (tertiary/aromatic N) is 1. The lowest BCUT2D eigenvalue weighted by atomic mass is 9.70. The topological polar surface area (TPSA) is 137 Å². The molecule has 5 atom stereocenters. The van der Waals surface area contributed by atoms with Crippen LogP contribution < -0.4 is 0 Å². The Kier molecular flexibility index (Phi) is 5.56. The van der Waals surface area contributed by atoms with E-state index in [1.807, 2.05) is 13.8 Å². The van der Waals surface area contributed by atoms with Crippen LogP contribution in [0.25, 0.3) is 0 Å². The van der Waals surface area contributed by atoms with Gasteiger partial charge in [0.2, 0.25) is 0 Å². The van der Waals surface area contributed by atoms with E-state index < -0.39 is 43.2 Å². The van der Waals surface area contributed by atoms with Crippen LogP contribution in [0.4, 0.5) is 0 Å². The number of hydrogen-bond acceptors (Lipinski definition) is 8. The van der Waals surface area contributed by atoms with Crippen LogP contribution in [0.15, 0.2) is 4.99 Å². The van der Waals surface area contributed by atoms with Gasteiger partial charge in [-0.1, -0.05) is 13.8 Å². The molecule has 136 valence electrons. The van der Waals surface area contributed by atoms with E-state index in [0.29, 0.717) is 0 Å². The molecule has 24 heavy (non-hydrogen) atoms. The Morgan fingerprint density at radius 3 is 2.21 bits per heavy atom. The number of hydrogen-bond donors (Lipinski definition) is 4. The number of carbonyl (C=O) groups excluding carboxylic acids is 2. The van der Waals surface area contributed by atoms with Crippen LogP contribution in [0, 0.1) is 11.3 Å². The van der Waals surface area contributed by atoms with Crippen molar-refractivity contribution in [1.82, 2.24) is 0 Å². The van der Waals surface area contributed by atoms with E-state index in [0.717, 1.165) is 0 Å². The van der Waals surface area contributed by atoms with Gasteiger partial charge in [-0.2, -0.15) is 0 Å². The lowest BCUT2D eigenvalue weighted by Crippen LogP contribution is -2.58. The molecule has 0 radical (unpaired) electrons. The van der Waals surface area contributed by atoms with Gasteiger partial charge in [-0.25, -0.2) is 0 Å². The molecular weight excluding hydrogens is 318 g/mol. The number of aliphatic imine (C=N–C) groups is 1. The molecule has 1 aliphatic carbocycles. The molecule has 1 saturated carbocycles. The van der Waals surface area contributed by atoms with Gasteiger partial charge in [0.1, 0.15) is 41.8 Å². The van der Waals surface area contributed by atoms with Gasteiger partial charge in [-0.15, -0.1) is 0 Å². The average molecular weight is 343 g/mol. The number of ketones is 2. The van der Waals surface area contributed by atoms with Crippen LogP contribution in [-0.2, 0) is 14.3 Å². The minimum absolute atomic E-state index is 0.182. The van der Waals surface area contributed by atoms with Crippen molar-refractivity contribution >= 4 is 17.3 Å². The van der Waals surface area contributed by atoms with Gasteiger partial charge >= 0.3 is 0 Å². The number of aliphatic hydroxyl groups is 4. The van der Waals surface area contributed by atoms with Crippen molar-refractivity contribution in [3.63, 3.8) is 0 Å². The fraction of sp³-hybridized carbons (Fsp3) is 0.812. The van der Waals surface area contributed by atoms with Crippen LogP contribution in [0.5, 0.6) is 0 Å². The molecule has 0 spiro atoms. The van der Waals surface area contributed by atoms with E-state index in [1.54, 1.807) is 0 Å². The molecule has 2 fully saturated rings. The third-order valence-corrected chi connectivity index (χ3v) is 4.59. The number of rotatable bonds is 3. The Morgan fingerprint density at radius 2 is 1.71 bits per heavy atom. The second kappa shape index (κ2) is 6.97. The Labute approximate surface area is 140 Å². The van der Waals surface area contributed by atoms with E-state index >= 15 is 0 Å². The van der Waals surface area contributed by atoms with E-state index in [9.17, 15) is 24.9 Å². The Morgan fingerprint density at radius 1 is 1.17 bits per heavy atom. The molecule has 1 heterocycles. The molecule has 1 aliphatic heterocycles. The summed E-state index contributed by atoms with van der Waals surface area (Å²) in [5.74, 6) is -1.48.